The molecule has 35 heavy (non-hydrogen) atoms. The summed E-state index contributed by atoms with van der Waals surface area (Å²) in [6, 6.07) is 8.88. The van der Waals surface area contributed by atoms with Gasteiger partial charge < -0.3 is 9.47 Å². The summed E-state index contributed by atoms with van der Waals surface area (Å²) in [5.41, 5.74) is 3.95. The third-order valence-electron chi connectivity index (χ3n) is 4.84. The average molecular weight is 495 g/mol. The number of carbonyl (C=O) groups is 1. The van der Waals surface area contributed by atoms with Crippen LogP contribution in [-0.4, -0.2) is 61.6 Å². The number of hydrogen-bond acceptors (Lipinski definition) is 7. The molecule has 0 N–H and O–H groups in total. The maximum Gasteiger partial charge on any atom is 0.676 e. The fourth-order valence-corrected chi connectivity index (χ4v) is 4.34. The monoisotopic (exact) mass is 494 g/mol. The lowest BCUT2D eigenvalue weighted by atomic mass is 10.3. The molecule has 3 rings (SSSR count). The molecule has 10 heteroatoms. The highest BCUT2D eigenvalue weighted by Crippen LogP contribution is 2.27. The van der Waals surface area contributed by atoms with E-state index in [0.29, 0.717) is 12.1 Å². The van der Waals surface area contributed by atoms with Gasteiger partial charge in [-0.15, -0.1) is 10.3 Å². The van der Waals surface area contributed by atoms with Crippen LogP contribution < -0.4 is 0 Å². The second kappa shape index (κ2) is 11.3. The largest absolute Gasteiger partial charge is 0.676 e. The first-order valence-electron chi connectivity index (χ1n) is 10.7. The number of ether oxygens (including phenoxy) is 2. The van der Waals surface area contributed by atoms with Crippen molar-refractivity contribution in [3.63, 3.8) is 0 Å². The second-order valence-electron chi connectivity index (χ2n) is 7.39. The van der Waals surface area contributed by atoms with E-state index in [1.54, 1.807) is 18.5 Å². The molecule has 9 nitrogen and oxygen atoms in total. The van der Waals surface area contributed by atoms with Gasteiger partial charge in [-0.1, -0.05) is 11.5 Å². The smallest absolute Gasteiger partial charge is 0.480 e. The first-order chi connectivity index (χ1) is 16.8. The zero-order chi connectivity index (χ0) is 25.4. The number of pyridine rings is 1. The zero-order valence-corrected chi connectivity index (χ0v) is 20.4. The lowest BCUT2D eigenvalue weighted by molar-refractivity contribution is -0.537. The van der Waals surface area contributed by atoms with E-state index in [2.05, 4.69) is 29.1 Å². The Bertz CT molecular complexity index is 1370. The Morgan fingerprint density at radius 2 is 1.89 bits per heavy atom. The summed E-state index contributed by atoms with van der Waals surface area (Å²) in [6.07, 6.45) is 6.66. The number of methoxy groups -OCH3 is 1. The molecule has 1 aromatic heterocycles. The summed E-state index contributed by atoms with van der Waals surface area (Å²) in [4.78, 5) is 20.8. The SMILES string of the molecule is C=[N+](Cc1cccnc1)C(=O)[N+](=C)c1ccc(S(=O)(=O)C2=C(OCCC)N=C(OC)C=C=C2)cc1. The molecule has 2 heterocycles. The molecule has 1 aliphatic rings. The molecule has 0 unspecified atom stereocenters. The number of aromatic nitrogens is 1. The van der Waals surface area contributed by atoms with E-state index < -0.39 is 15.9 Å². The van der Waals surface area contributed by atoms with Gasteiger partial charge in [0.2, 0.25) is 27.3 Å². The maximum absolute atomic E-state index is 13.4. The Balaban J connectivity index is 1.86. The summed E-state index contributed by atoms with van der Waals surface area (Å²) in [5, 5.41) is 0. The lowest BCUT2D eigenvalue weighted by Gasteiger charge is -2.11. The first kappa shape index (κ1) is 25.5. The number of rotatable bonds is 8. The predicted molar refractivity (Wildman–Crippen MR) is 132 cm³/mol. The third-order valence-corrected chi connectivity index (χ3v) is 6.61. The van der Waals surface area contributed by atoms with Crippen LogP contribution in [0, 0.1) is 0 Å². The van der Waals surface area contributed by atoms with Gasteiger partial charge in [0.25, 0.3) is 0 Å². The minimum Gasteiger partial charge on any atom is -0.480 e. The van der Waals surface area contributed by atoms with Gasteiger partial charge in [0.1, 0.15) is 18.3 Å². The van der Waals surface area contributed by atoms with Crippen molar-refractivity contribution in [3.05, 3.63) is 83.0 Å². The highest BCUT2D eigenvalue weighted by Gasteiger charge is 2.31. The van der Waals surface area contributed by atoms with Crippen LogP contribution in [0.3, 0.4) is 0 Å². The highest BCUT2D eigenvalue weighted by atomic mass is 32.2. The molecular formula is C25H26N4O5S+2. The van der Waals surface area contributed by atoms with Crippen molar-refractivity contribution in [2.75, 3.05) is 13.7 Å². The van der Waals surface area contributed by atoms with Gasteiger partial charge >= 0.3 is 6.03 Å². The minimum atomic E-state index is -4.02. The fourth-order valence-electron chi connectivity index (χ4n) is 3.03. The molecule has 0 atom stereocenters. The van der Waals surface area contributed by atoms with Gasteiger partial charge in [0.15, 0.2) is 6.54 Å². The molecule has 0 saturated heterocycles. The van der Waals surface area contributed by atoms with Gasteiger partial charge in [-0.3, -0.25) is 4.98 Å². The Labute approximate surface area is 204 Å². The molecule has 2 aromatic rings. The molecule has 180 valence electrons. The van der Waals surface area contributed by atoms with Crippen molar-refractivity contribution in [3.8, 4) is 0 Å². The van der Waals surface area contributed by atoms with Gasteiger partial charge in [0, 0.05) is 42.2 Å². The summed E-state index contributed by atoms with van der Waals surface area (Å²) in [6.45, 7) is 9.97. The molecule has 0 saturated carbocycles. The molecule has 0 fully saturated rings. The van der Waals surface area contributed by atoms with E-state index in [9.17, 15) is 13.2 Å². The van der Waals surface area contributed by atoms with Crippen LogP contribution in [0.5, 0.6) is 0 Å². The van der Waals surface area contributed by atoms with Crippen LogP contribution >= 0.6 is 0 Å². The number of aliphatic imine (C=N–C) groups is 1. The van der Waals surface area contributed by atoms with E-state index in [4.69, 9.17) is 9.47 Å². The number of amides is 2. The number of urea groups is 1. The van der Waals surface area contributed by atoms with Crippen LogP contribution in [-0.2, 0) is 25.9 Å². The van der Waals surface area contributed by atoms with Crippen LogP contribution in [0.2, 0.25) is 0 Å². The zero-order valence-electron chi connectivity index (χ0n) is 19.5. The van der Waals surface area contributed by atoms with Crippen molar-refractivity contribution < 1.29 is 31.8 Å². The van der Waals surface area contributed by atoms with E-state index in [1.165, 1.54) is 48.1 Å². The quantitative estimate of drug-likeness (QED) is 0.316. The predicted octanol–water partition coefficient (Wildman–Crippen LogP) is 3.60. The van der Waals surface area contributed by atoms with Crippen molar-refractivity contribution in [1.29, 1.82) is 0 Å². The van der Waals surface area contributed by atoms with E-state index in [0.717, 1.165) is 10.1 Å². The van der Waals surface area contributed by atoms with Gasteiger partial charge in [-0.25, -0.2) is 8.42 Å². The first-order valence-corrected chi connectivity index (χ1v) is 12.1. The Hall–Kier alpha value is -4.14. The molecular weight excluding hydrogens is 468 g/mol. The van der Waals surface area contributed by atoms with Crippen molar-refractivity contribution in [2.24, 2.45) is 4.99 Å². The average Bonchev–Trinajstić information content (AvgIpc) is 3.09. The molecule has 1 aliphatic heterocycles. The molecule has 0 radical (unpaired) electrons. The topological polar surface area (TPSA) is 101 Å². The van der Waals surface area contributed by atoms with E-state index in [-0.39, 0.29) is 34.7 Å². The summed E-state index contributed by atoms with van der Waals surface area (Å²) >= 11 is 0. The number of allylic oxidation sites excluding steroid dienone is 1. The van der Waals surface area contributed by atoms with Gasteiger partial charge in [0.05, 0.1) is 18.6 Å². The molecule has 0 aliphatic carbocycles. The van der Waals surface area contributed by atoms with Crippen LogP contribution in [0.25, 0.3) is 0 Å². The van der Waals surface area contributed by atoms with Gasteiger partial charge in [-0.2, -0.15) is 9.79 Å². The van der Waals surface area contributed by atoms with Crippen molar-refractivity contribution >= 4 is 40.9 Å². The minimum absolute atomic E-state index is 0.00865. The van der Waals surface area contributed by atoms with E-state index in [1.807, 2.05) is 13.0 Å². The van der Waals surface area contributed by atoms with Crippen molar-refractivity contribution in [2.45, 2.75) is 24.8 Å². The van der Waals surface area contributed by atoms with E-state index >= 15 is 0 Å². The van der Waals surface area contributed by atoms with Crippen LogP contribution in [0.1, 0.15) is 18.9 Å². The Kier molecular flexibility index (Phi) is 8.25. The fraction of sp³-hybridized carbons (Fsp3) is 0.200. The Morgan fingerprint density at radius 3 is 2.51 bits per heavy atom. The molecule has 0 spiro atoms. The number of nitrogens with zero attached hydrogens (tertiary/aromatic N) is 4. The standard InChI is InChI=1S/C25H26N4O5S/c1-5-16-34-24-22(9-6-10-23(27-24)33-4)35(31,32)21-13-11-20(12-14-21)29(3)25(30)28(2)18-19-8-7-15-26-17-19/h7-15,17H,2-3,5,16,18H2,1,4H3/q+2. The second-order valence-corrected chi connectivity index (χ2v) is 9.31. The van der Waals surface area contributed by atoms with Gasteiger partial charge in [-0.05, 0) is 30.7 Å². The summed E-state index contributed by atoms with van der Waals surface area (Å²) in [5.74, 6) is 0.0919. The molecule has 1 aromatic carbocycles. The highest BCUT2D eigenvalue weighted by molar-refractivity contribution is 7.95. The number of hydrogen-bond donors (Lipinski definition) is 0. The number of benzene rings is 1. The summed E-state index contributed by atoms with van der Waals surface area (Å²) in [7, 11) is -2.60. The number of carbonyl (C=O) groups excluding carboxylic acids is 1. The molecule has 0 bridgehead atoms. The maximum atomic E-state index is 13.4. The van der Waals surface area contributed by atoms with Crippen molar-refractivity contribution in [1.82, 2.24) is 4.98 Å². The summed E-state index contributed by atoms with van der Waals surface area (Å²) < 4.78 is 39.9. The normalized spacial score (nSPS) is 13.1. The third kappa shape index (κ3) is 6.06. The lowest BCUT2D eigenvalue weighted by Crippen LogP contribution is -2.26. The Morgan fingerprint density at radius 1 is 1.14 bits per heavy atom. The van der Waals surface area contributed by atoms with Crippen LogP contribution in [0.15, 0.2) is 87.4 Å². The number of sulfone groups is 1. The molecule has 2 amide bonds. The van der Waals surface area contributed by atoms with Crippen LogP contribution in [0.4, 0.5) is 10.5 Å².